The Bertz CT molecular complexity index is 531. The standard InChI is InChI=1S/C14H19N3O2S/c1-3-11-6-4-5-7-12(11)19-14-17-16-13(20-14)10-15-8-9-18-2/h4-7,15H,3,8-10H2,1-2H3. The van der Waals surface area contributed by atoms with Gasteiger partial charge in [0.05, 0.1) is 6.61 Å². The van der Waals surface area contributed by atoms with Crippen molar-refractivity contribution in [3.8, 4) is 10.9 Å². The van der Waals surface area contributed by atoms with Crippen LogP contribution in [0.3, 0.4) is 0 Å². The van der Waals surface area contributed by atoms with Gasteiger partial charge in [0.25, 0.3) is 5.19 Å². The number of hydrogen-bond acceptors (Lipinski definition) is 6. The van der Waals surface area contributed by atoms with Gasteiger partial charge in [-0.2, -0.15) is 0 Å². The van der Waals surface area contributed by atoms with E-state index in [1.54, 1.807) is 7.11 Å². The zero-order valence-corrected chi connectivity index (χ0v) is 12.6. The van der Waals surface area contributed by atoms with E-state index in [1.807, 2.05) is 18.2 Å². The molecule has 0 atom stereocenters. The van der Waals surface area contributed by atoms with Crippen LogP contribution in [0.2, 0.25) is 0 Å². The Morgan fingerprint density at radius 1 is 1.25 bits per heavy atom. The second-order valence-corrected chi connectivity index (χ2v) is 5.22. The summed E-state index contributed by atoms with van der Waals surface area (Å²) in [6, 6.07) is 7.99. The summed E-state index contributed by atoms with van der Waals surface area (Å²) >= 11 is 1.46. The molecule has 0 bridgehead atoms. The Kier molecular flexibility index (Phi) is 5.91. The molecule has 0 fully saturated rings. The number of ether oxygens (including phenoxy) is 2. The molecule has 1 aromatic carbocycles. The van der Waals surface area contributed by atoms with Gasteiger partial charge in [0, 0.05) is 20.2 Å². The highest BCUT2D eigenvalue weighted by atomic mass is 32.1. The van der Waals surface area contributed by atoms with Crippen LogP contribution in [0.1, 0.15) is 17.5 Å². The van der Waals surface area contributed by atoms with Crippen LogP contribution in [0.15, 0.2) is 24.3 Å². The largest absolute Gasteiger partial charge is 0.430 e. The smallest absolute Gasteiger partial charge is 0.299 e. The predicted octanol–water partition coefficient (Wildman–Crippen LogP) is 2.63. The van der Waals surface area contributed by atoms with Crippen molar-refractivity contribution in [1.82, 2.24) is 15.5 Å². The van der Waals surface area contributed by atoms with E-state index in [9.17, 15) is 0 Å². The summed E-state index contributed by atoms with van der Waals surface area (Å²) in [5, 5.41) is 12.9. The molecule has 20 heavy (non-hydrogen) atoms. The number of rotatable bonds is 8. The fourth-order valence-corrected chi connectivity index (χ4v) is 2.38. The Morgan fingerprint density at radius 3 is 2.90 bits per heavy atom. The first-order valence-electron chi connectivity index (χ1n) is 6.61. The third-order valence-electron chi connectivity index (χ3n) is 2.76. The summed E-state index contributed by atoms with van der Waals surface area (Å²) in [7, 11) is 1.68. The van der Waals surface area contributed by atoms with Gasteiger partial charge in [-0.15, -0.1) is 5.10 Å². The van der Waals surface area contributed by atoms with E-state index in [1.165, 1.54) is 16.9 Å². The van der Waals surface area contributed by atoms with Crippen molar-refractivity contribution in [2.75, 3.05) is 20.3 Å². The first-order chi connectivity index (χ1) is 9.83. The third kappa shape index (κ3) is 4.26. The van der Waals surface area contributed by atoms with Crippen LogP contribution in [0.4, 0.5) is 0 Å². The van der Waals surface area contributed by atoms with E-state index in [2.05, 4.69) is 28.5 Å². The molecule has 1 heterocycles. The average molecular weight is 293 g/mol. The summed E-state index contributed by atoms with van der Waals surface area (Å²) in [6.07, 6.45) is 0.931. The highest BCUT2D eigenvalue weighted by Gasteiger charge is 2.08. The summed E-state index contributed by atoms with van der Waals surface area (Å²) < 4.78 is 10.8. The Labute approximate surface area is 123 Å². The zero-order chi connectivity index (χ0) is 14.2. The number of nitrogens with zero attached hydrogens (tertiary/aromatic N) is 2. The Hall–Kier alpha value is -1.50. The molecule has 1 N–H and O–H groups in total. The normalized spacial score (nSPS) is 10.7. The van der Waals surface area contributed by atoms with Crippen LogP contribution in [0.5, 0.6) is 10.9 Å². The van der Waals surface area contributed by atoms with Gasteiger partial charge in [0.1, 0.15) is 10.8 Å². The maximum absolute atomic E-state index is 5.80. The lowest BCUT2D eigenvalue weighted by Crippen LogP contribution is -2.18. The third-order valence-corrected chi connectivity index (χ3v) is 3.56. The van der Waals surface area contributed by atoms with Gasteiger partial charge in [-0.25, -0.2) is 0 Å². The second-order valence-electron chi connectivity index (χ2n) is 4.19. The molecule has 0 aliphatic carbocycles. The lowest BCUT2D eigenvalue weighted by molar-refractivity contribution is 0.199. The van der Waals surface area contributed by atoms with E-state index in [0.29, 0.717) is 18.3 Å². The minimum absolute atomic E-state index is 0.578. The molecule has 0 aliphatic heterocycles. The quantitative estimate of drug-likeness (QED) is 0.758. The van der Waals surface area contributed by atoms with Crippen LogP contribution in [-0.4, -0.2) is 30.5 Å². The minimum atomic E-state index is 0.578. The molecule has 0 aliphatic rings. The van der Waals surface area contributed by atoms with E-state index in [4.69, 9.17) is 9.47 Å². The van der Waals surface area contributed by atoms with Crippen LogP contribution < -0.4 is 10.1 Å². The molecule has 0 saturated heterocycles. The molecule has 0 amide bonds. The fourth-order valence-electron chi connectivity index (χ4n) is 1.71. The number of aromatic nitrogens is 2. The number of aryl methyl sites for hydroxylation is 1. The topological polar surface area (TPSA) is 56.3 Å². The van der Waals surface area contributed by atoms with E-state index < -0.39 is 0 Å². The lowest BCUT2D eigenvalue weighted by Gasteiger charge is -2.05. The van der Waals surface area contributed by atoms with Crippen LogP contribution >= 0.6 is 11.3 Å². The van der Waals surface area contributed by atoms with Gasteiger partial charge in [0.2, 0.25) is 0 Å². The van der Waals surface area contributed by atoms with Crippen molar-refractivity contribution in [3.05, 3.63) is 34.8 Å². The van der Waals surface area contributed by atoms with Gasteiger partial charge in [-0.3, -0.25) is 0 Å². The van der Waals surface area contributed by atoms with Crippen LogP contribution in [0, 0.1) is 0 Å². The molecule has 0 radical (unpaired) electrons. The molecule has 0 unspecified atom stereocenters. The van der Waals surface area contributed by atoms with Crippen molar-refractivity contribution in [3.63, 3.8) is 0 Å². The maximum atomic E-state index is 5.80. The molecule has 108 valence electrons. The average Bonchev–Trinajstić information content (AvgIpc) is 2.92. The molecule has 2 rings (SSSR count). The molecule has 5 nitrogen and oxygen atoms in total. The molecule has 0 spiro atoms. The van der Waals surface area contributed by atoms with Crippen LogP contribution in [0.25, 0.3) is 0 Å². The lowest BCUT2D eigenvalue weighted by atomic mass is 10.1. The minimum Gasteiger partial charge on any atom is -0.430 e. The molecule has 6 heteroatoms. The molecular formula is C14H19N3O2S. The van der Waals surface area contributed by atoms with Crippen molar-refractivity contribution in [2.24, 2.45) is 0 Å². The SMILES string of the molecule is CCc1ccccc1Oc1nnc(CNCCOC)s1. The van der Waals surface area contributed by atoms with Crippen LogP contribution in [-0.2, 0) is 17.7 Å². The van der Waals surface area contributed by atoms with Gasteiger partial charge < -0.3 is 14.8 Å². The predicted molar refractivity (Wildman–Crippen MR) is 79.4 cm³/mol. The van der Waals surface area contributed by atoms with Crippen molar-refractivity contribution in [2.45, 2.75) is 19.9 Å². The van der Waals surface area contributed by atoms with E-state index in [0.717, 1.165) is 23.7 Å². The molecule has 2 aromatic rings. The van der Waals surface area contributed by atoms with Gasteiger partial charge in [-0.05, 0) is 18.1 Å². The maximum Gasteiger partial charge on any atom is 0.299 e. The van der Waals surface area contributed by atoms with E-state index in [-0.39, 0.29) is 0 Å². The Balaban J connectivity index is 1.92. The zero-order valence-electron chi connectivity index (χ0n) is 11.8. The number of benzene rings is 1. The van der Waals surface area contributed by atoms with Gasteiger partial charge in [0.15, 0.2) is 0 Å². The highest BCUT2D eigenvalue weighted by Crippen LogP contribution is 2.27. The number of para-hydroxylation sites is 1. The van der Waals surface area contributed by atoms with Crippen molar-refractivity contribution in [1.29, 1.82) is 0 Å². The second kappa shape index (κ2) is 7.94. The Morgan fingerprint density at radius 2 is 2.10 bits per heavy atom. The number of hydrogen-bond donors (Lipinski definition) is 1. The molecular weight excluding hydrogens is 274 g/mol. The monoisotopic (exact) mass is 293 g/mol. The summed E-state index contributed by atoms with van der Waals surface area (Å²) in [5.74, 6) is 0.852. The van der Waals surface area contributed by atoms with Gasteiger partial charge >= 0.3 is 0 Å². The highest BCUT2D eigenvalue weighted by molar-refractivity contribution is 7.13. The fraction of sp³-hybridized carbons (Fsp3) is 0.429. The number of methoxy groups -OCH3 is 1. The summed E-state index contributed by atoms with van der Waals surface area (Å²) in [5.41, 5.74) is 1.17. The van der Waals surface area contributed by atoms with E-state index >= 15 is 0 Å². The summed E-state index contributed by atoms with van der Waals surface area (Å²) in [6.45, 7) is 4.27. The first kappa shape index (κ1) is 14.9. The number of nitrogens with one attached hydrogen (secondary N) is 1. The van der Waals surface area contributed by atoms with Crippen molar-refractivity contribution >= 4 is 11.3 Å². The summed E-state index contributed by atoms with van der Waals surface area (Å²) in [4.78, 5) is 0. The molecule has 1 aromatic heterocycles. The first-order valence-corrected chi connectivity index (χ1v) is 7.43. The molecule has 0 saturated carbocycles. The van der Waals surface area contributed by atoms with Gasteiger partial charge in [-0.1, -0.05) is 41.6 Å². The van der Waals surface area contributed by atoms with Crippen molar-refractivity contribution < 1.29 is 9.47 Å².